The van der Waals surface area contributed by atoms with Crippen LogP contribution >= 0.6 is 15.9 Å². The first kappa shape index (κ1) is 15.3. The van der Waals surface area contributed by atoms with E-state index in [0.717, 1.165) is 32.1 Å². The Hall–Kier alpha value is -0.580. The lowest BCUT2D eigenvalue weighted by atomic mass is 9.94. The van der Waals surface area contributed by atoms with Gasteiger partial charge in [-0.1, -0.05) is 22.0 Å². The number of nitrogens with zero attached hydrogens (tertiary/aromatic N) is 1. The van der Waals surface area contributed by atoms with Crippen LogP contribution in [0.15, 0.2) is 22.7 Å². The van der Waals surface area contributed by atoms with Gasteiger partial charge in [0.15, 0.2) is 0 Å². The second kappa shape index (κ2) is 6.27. The highest BCUT2D eigenvalue weighted by Gasteiger charge is 2.31. The summed E-state index contributed by atoms with van der Waals surface area (Å²) < 4.78 is 6.90. The molecule has 2 aliphatic rings. The van der Waals surface area contributed by atoms with E-state index in [1.165, 1.54) is 35.0 Å². The van der Waals surface area contributed by atoms with Crippen LogP contribution in [0.2, 0.25) is 0 Å². The van der Waals surface area contributed by atoms with Gasteiger partial charge in [0.2, 0.25) is 0 Å². The number of methoxy groups -OCH3 is 1. The molecule has 1 aliphatic heterocycles. The van der Waals surface area contributed by atoms with Crippen molar-refractivity contribution < 1.29 is 4.74 Å². The lowest BCUT2D eigenvalue weighted by Gasteiger charge is -2.40. The van der Waals surface area contributed by atoms with Gasteiger partial charge in [-0.15, -0.1) is 0 Å². The van der Waals surface area contributed by atoms with E-state index in [1.807, 2.05) is 7.11 Å². The third-order valence-corrected chi connectivity index (χ3v) is 5.45. The molecule has 3 nitrogen and oxygen atoms in total. The highest BCUT2D eigenvalue weighted by Crippen LogP contribution is 2.31. The maximum absolute atomic E-state index is 5.69. The molecule has 1 atom stereocenters. The summed E-state index contributed by atoms with van der Waals surface area (Å²) in [5.74, 6) is 0. The Morgan fingerprint density at radius 3 is 2.90 bits per heavy atom. The van der Waals surface area contributed by atoms with E-state index in [-0.39, 0.29) is 5.60 Å². The molecule has 116 valence electrons. The number of anilines is 1. The van der Waals surface area contributed by atoms with Gasteiger partial charge in [0, 0.05) is 42.9 Å². The van der Waals surface area contributed by atoms with Crippen LogP contribution in [0, 0.1) is 0 Å². The summed E-state index contributed by atoms with van der Waals surface area (Å²) in [6.45, 7) is 5.25. The fourth-order valence-electron chi connectivity index (χ4n) is 3.01. The Morgan fingerprint density at radius 2 is 2.24 bits per heavy atom. The number of hydrogen-bond acceptors (Lipinski definition) is 3. The lowest BCUT2D eigenvalue weighted by Crippen LogP contribution is -2.47. The minimum Gasteiger partial charge on any atom is -0.377 e. The third kappa shape index (κ3) is 3.79. The van der Waals surface area contributed by atoms with Gasteiger partial charge in [-0.2, -0.15) is 0 Å². The van der Waals surface area contributed by atoms with Crippen molar-refractivity contribution in [1.82, 2.24) is 5.32 Å². The zero-order valence-electron chi connectivity index (χ0n) is 13.0. The smallest absolute Gasteiger partial charge is 0.0825 e. The SMILES string of the molecule is COC1(C)CCCN(c2ccc(CNC3CC3)c(Br)c2)C1. The van der Waals surface area contributed by atoms with Crippen molar-refractivity contribution in [3.05, 3.63) is 28.2 Å². The van der Waals surface area contributed by atoms with Gasteiger partial charge in [0.1, 0.15) is 0 Å². The van der Waals surface area contributed by atoms with Gasteiger partial charge >= 0.3 is 0 Å². The van der Waals surface area contributed by atoms with E-state index in [9.17, 15) is 0 Å². The van der Waals surface area contributed by atoms with Crippen LogP contribution in [0.4, 0.5) is 5.69 Å². The predicted octanol–water partition coefficient (Wildman–Crippen LogP) is 3.71. The van der Waals surface area contributed by atoms with E-state index < -0.39 is 0 Å². The highest BCUT2D eigenvalue weighted by atomic mass is 79.9. The molecule has 0 bridgehead atoms. The molecule has 0 radical (unpaired) electrons. The Bertz CT molecular complexity index is 504. The molecule has 1 heterocycles. The lowest BCUT2D eigenvalue weighted by molar-refractivity contribution is -0.00465. The molecule has 1 N–H and O–H groups in total. The summed E-state index contributed by atoms with van der Waals surface area (Å²) in [6.07, 6.45) is 5.00. The van der Waals surface area contributed by atoms with Gasteiger partial charge in [-0.25, -0.2) is 0 Å². The Kier molecular flexibility index (Phi) is 4.57. The molecule has 0 amide bonds. The van der Waals surface area contributed by atoms with Gasteiger partial charge in [-0.05, 0) is 50.3 Å². The van der Waals surface area contributed by atoms with Crippen molar-refractivity contribution in [2.75, 3.05) is 25.1 Å². The van der Waals surface area contributed by atoms with Crippen molar-refractivity contribution in [3.63, 3.8) is 0 Å². The van der Waals surface area contributed by atoms with E-state index >= 15 is 0 Å². The standard InChI is InChI=1S/C17H25BrN2O/c1-17(21-2)8-3-9-20(12-17)15-7-4-13(16(18)10-15)11-19-14-5-6-14/h4,7,10,14,19H,3,5-6,8-9,11-12H2,1-2H3. The molecule has 0 aromatic heterocycles. The normalized spacial score (nSPS) is 26.1. The molecule has 4 heteroatoms. The zero-order chi connectivity index (χ0) is 14.9. The van der Waals surface area contributed by atoms with Gasteiger partial charge < -0.3 is 15.0 Å². The molecule has 1 saturated heterocycles. The molecule has 1 saturated carbocycles. The first-order valence-corrected chi connectivity index (χ1v) is 8.71. The van der Waals surface area contributed by atoms with Crippen molar-refractivity contribution in [2.24, 2.45) is 0 Å². The maximum Gasteiger partial charge on any atom is 0.0825 e. The number of halogens is 1. The number of hydrogen-bond donors (Lipinski definition) is 1. The quantitative estimate of drug-likeness (QED) is 0.874. The van der Waals surface area contributed by atoms with Crippen LogP contribution in [0.25, 0.3) is 0 Å². The number of ether oxygens (including phenoxy) is 1. The summed E-state index contributed by atoms with van der Waals surface area (Å²) in [5, 5.41) is 3.57. The molecule has 21 heavy (non-hydrogen) atoms. The Morgan fingerprint density at radius 1 is 1.43 bits per heavy atom. The molecular formula is C17H25BrN2O. The van der Waals surface area contributed by atoms with E-state index in [2.05, 4.69) is 51.3 Å². The number of benzene rings is 1. The first-order valence-electron chi connectivity index (χ1n) is 7.91. The molecule has 1 unspecified atom stereocenters. The van der Waals surface area contributed by atoms with Crippen LogP contribution in [0.1, 0.15) is 38.2 Å². The summed E-state index contributed by atoms with van der Waals surface area (Å²) in [4.78, 5) is 2.44. The van der Waals surface area contributed by atoms with Crippen molar-refractivity contribution in [3.8, 4) is 0 Å². The van der Waals surface area contributed by atoms with E-state index in [0.29, 0.717) is 0 Å². The fraction of sp³-hybridized carbons (Fsp3) is 0.647. The summed E-state index contributed by atoms with van der Waals surface area (Å²) in [7, 11) is 1.83. The second-order valence-corrected chi connectivity index (χ2v) is 7.46. The Balaban J connectivity index is 1.68. The minimum atomic E-state index is -0.0169. The third-order valence-electron chi connectivity index (χ3n) is 4.71. The minimum absolute atomic E-state index is 0.0169. The van der Waals surface area contributed by atoms with Gasteiger partial charge in [0.05, 0.1) is 5.60 Å². The van der Waals surface area contributed by atoms with Crippen molar-refractivity contribution >= 4 is 21.6 Å². The molecule has 1 aromatic carbocycles. The zero-order valence-corrected chi connectivity index (χ0v) is 14.6. The predicted molar refractivity (Wildman–Crippen MR) is 90.9 cm³/mol. The first-order chi connectivity index (χ1) is 10.1. The number of nitrogens with one attached hydrogen (secondary N) is 1. The van der Waals surface area contributed by atoms with Crippen molar-refractivity contribution in [2.45, 2.75) is 50.8 Å². The number of piperidine rings is 1. The molecular weight excluding hydrogens is 328 g/mol. The molecule has 1 aromatic rings. The molecule has 1 aliphatic carbocycles. The van der Waals surface area contributed by atoms with Crippen molar-refractivity contribution in [1.29, 1.82) is 0 Å². The van der Waals surface area contributed by atoms with Crippen LogP contribution in [0.3, 0.4) is 0 Å². The molecule has 3 rings (SSSR count). The fourth-order valence-corrected chi connectivity index (χ4v) is 3.52. The molecule has 0 spiro atoms. The number of rotatable bonds is 5. The van der Waals surface area contributed by atoms with E-state index in [4.69, 9.17) is 4.74 Å². The second-order valence-electron chi connectivity index (χ2n) is 6.61. The largest absolute Gasteiger partial charge is 0.377 e. The maximum atomic E-state index is 5.69. The van der Waals surface area contributed by atoms with Crippen LogP contribution in [-0.2, 0) is 11.3 Å². The summed E-state index contributed by atoms with van der Waals surface area (Å²) in [6, 6.07) is 7.50. The highest BCUT2D eigenvalue weighted by molar-refractivity contribution is 9.10. The van der Waals surface area contributed by atoms with Crippen LogP contribution in [-0.4, -0.2) is 31.8 Å². The summed E-state index contributed by atoms with van der Waals surface area (Å²) >= 11 is 3.73. The van der Waals surface area contributed by atoms with E-state index in [1.54, 1.807) is 0 Å². The average Bonchev–Trinajstić information content (AvgIpc) is 3.30. The van der Waals surface area contributed by atoms with Gasteiger partial charge in [-0.3, -0.25) is 0 Å². The molecule has 2 fully saturated rings. The van der Waals surface area contributed by atoms with Gasteiger partial charge in [0.25, 0.3) is 0 Å². The van der Waals surface area contributed by atoms with Crippen LogP contribution < -0.4 is 10.2 Å². The average molecular weight is 353 g/mol. The topological polar surface area (TPSA) is 24.5 Å². The monoisotopic (exact) mass is 352 g/mol. The summed E-state index contributed by atoms with van der Waals surface area (Å²) in [5.41, 5.74) is 2.62. The van der Waals surface area contributed by atoms with Crippen LogP contribution in [0.5, 0.6) is 0 Å². The Labute approximate surface area is 136 Å².